The number of hydrogen-bond acceptors (Lipinski definition) is 4. The summed E-state index contributed by atoms with van der Waals surface area (Å²) in [6.07, 6.45) is 1.59. The molecule has 0 bridgehead atoms. The van der Waals surface area contributed by atoms with Gasteiger partial charge in [0.2, 0.25) is 5.78 Å². The second kappa shape index (κ2) is 6.90. The van der Waals surface area contributed by atoms with Crippen molar-refractivity contribution in [1.29, 1.82) is 0 Å². The van der Waals surface area contributed by atoms with Crippen molar-refractivity contribution in [3.05, 3.63) is 63.9 Å². The number of halogens is 2. The van der Waals surface area contributed by atoms with Gasteiger partial charge in [0.25, 0.3) is 0 Å². The van der Waals surface area contributed by atoms with Gasteiger partial charge in [-0.25, -0.2) is 0 Å². The van der Waals surface area contributed by atoms with Gasteiger partial charge >= 0.3 is 5.97 Å². The number of allylic oxidation sites excluding steroid dienone is 1. The average Bonchev–Trinajstić information content (AvgIpc) is 2.89. The van der Waals surface area contributed by atoms with E-state index < -0.39 is 11.3 Å². The summed E-state index contributed by atoms with van der Waals surface area (Å²) < 4.78 is 11.0. The highest BCUT2D eigenvalue weighted by Gasteiger charge is 2.30. The Morgan fingerprint density at radius 3 is 2.64 bits per heavy atom. The molecule has 3 rings (SSSR count). The predicted octanol–water partition coefficient (Wildman–Crippen LogP) is 4.80. The maximum atomic E-state index is 12.5. The third kappa shape index (κ3) is 3.41. The molecule has 0 radical (unpaired) electrons. The summed E-state index contributed by atoms with van der Waals surface area (Å²) in [7, 11) is 0. The average molecular weight is 377 g/mol. The van der Waals surface area contributed by atoms with Crippen LogP contribution in [0.1, 0.15) is 28.4 Å². The lowest BCUT2D eigenvalue weighted by Gasteiger charge is -2.10. The van der Waals surface area contributed by atoms with Crippen molar-refractivity contribution in [2.24, 2.45) is 0 Å². The Kier molecular flexibility index (Phi) is 4.84. The number of esters is 1. The van der Waals surface area contributed by atoms with E-state index in [1.54, 1.807) is 43.3 Å². The third-order valence-corrected chi connectivity index (χ3v) is 4.29. The number of carbonyl (C=O) groups is 2. The summed E-state index contributed by atoms with van der Waals surface area (Å²) in [5.74, 6) is 0.0294. The van der Waals surface area contributed by atoms with Crippen LogP contribution in [0.5, 0.6) is 11.5 Å². The first-order chi connectivity index (χ1) is 11.9. The van der Waals surface area contributed by atoms with Crippen LogP contribution in [0.25, 0.3) is 6.08 Å². The highest BCUT2D eigenvalue weighted by molar-refractivity contribution is 6.32. The van der Waals surface area contributed by atoms with Crippen LogP contribution in [0.3, 0.4) is 0 Å². The molecule has 0 saturated carbocycles. The van der Waals surface area contributed by atoms with Crippen molar-refractivity contribution in [3.63, 3.8) is 0 Å². The third-order valence-electron chi connectivity index (χ3n) is 3.76. The maximum Gasteiger partial charge on any atom is 0.329 e. The van der Waals surface area contributed by atoms with Gasteiger partial charge in [-0.05, 0) is 43.7 Å². The van der Waals surface area contributed by atoms with E-state index in [0.29, 0.717) is 33.2 Å². The number of carbonyl (C=O) groups excluding carboxylic acids is 2. The molecule has 1 aliphatic heterocycles. The summed E-state index contributed by atoms with van der Waals surface area (Å²) in [6, 6.07) is 10.3. The quantitative estimate of drug-likeness (QED) is 0.334. The van der Waals surface area contributed by atoms with E-state index in [2.05, 4.69) is 0 Å². The molecule has 1 atom stereocenters. The molecule has 6 heteroatoms. The highest BCUT2D eigenvalue weighted by Crippen LogP contribution is 2.39. The molecule has 1 unspecified atom stereocenters. The van der Waals surface area contributed by atoms with Crippen molar-refractivity contribution in [3.8, 4) is 11.5 Å². The zero-order chi connectivity index (χ0) is 18.1. The molecule has 2 aromatic rings. The Morgan fingerprint density at radius 2 is 1.96 bits per heavy atom. The standard InChI is InChI=1S/C19H14Cl2O4/c1-10-15(25-19(23)11(2)20)8-7-13-17(22)16(24-18(10)13)9-12-5-3-4-6-14(12)21/h3-9,11H,1-2H3/b16-9-. The first kappa shape index (κ1) is 17.5. The zero-order valence-corrected chi connectivity index (χ0v) is 15.0. The number of alkyl halides is 1. The van der Waals surface area contributed by atoms with E-state index >= 15 is 0 Å². The fourth-order valence-electron chi connectivity index (χ4n) is 2.40. The highest BCUT2D eigenvalue weighted by atomic mass is 35.5. The molecular formula is C19H14Cl2O4. The minimum Gasteiger partial charge on any atom is -0.452 e. The van der Waals surface area contributed by atoms with Gasteiger partial charge in [-0.15, -0.1) is 11.6 Å². The normalized spacial score (nSPS) is 15.7. The summed E-state index contributed by atoms with van der Waals surface area (Å²) in [4.78, 5) is 24.2. The first-order valence-electron chi connectivity index (χ1n) is 7.56. The summed E-state index contributed by atoms with van der Waals surface area (Å²) >= 11 is 11.8. The smallest absolute Gasteiger partial charge is 0.329 e. The molecule has 128 valence electrons. The molecule has 1 heterocycles. The second-order valence-electron chi connectivity index (χ2n) is 5.56. The number of ketones is 1. The van der Waals surface area contributed by atoms with E-state index in [1.807, 2.05) is 6.07 Å². The molecule has 2 aromatic carbocycles. The van der Waals surface area contributed by atoms with Gasteiger partial charge in [-0.1, -0.05) is 29.8 Å². The molecule has 0 fully saturated rings. The van der Waals surface area contributed by atoms with E-state index in [4.69, 9.17) is 32.7 Å². The fourth-order valence-corrected chi connectivity index (χ4v) is 2.64. The number of rotatable bonds is 3. The summed E-state index contributed by atoms with van der Waals surface area (Å²) in [6.45, 7) is 3.24. The fraction of sp³-hybridized carbons (Fsp3) is 0.158. The minimum atomic E-state index is -0.772. The summed E-state index contributed by atoms with van der Waals surface area (Å²) in [5.41, 5.74) is 1.65. The van der Waals surface area contributed by atoms with Gasteiger partial charge in [0.15, 0.2) is 5.76 Å². The van der Waals surface area contributed by atoms with Gasteiger partial charge in [0.1, 0.15) is 16.9 Å². The number of ether oxygens (including phenoxy) is 2. The number of fused-ring (bicyclic) bond motifs is 1. The lowest BCUT2D eigenvalue weighted by atomic mass is 10.1. The first-order valence-corrected chi connectivity index (χ1v) is 8.38. The lowest BCUT2D eigenvalue weighted by Crippen LogP contribution is -2.18. The molecule has 0 amide bonds. The van der Waals surface area contributed by atoms with Gasteiger partial charge in [0.05, 0.1) is 5.56 Å². The zero-order valence-electron chi connectivity index (χ0n) is 13.5. The van der Waals surface area contributed by atoms with Gasteiger partial charge < -0.3 is 9.47 Å². The Balaban J connectivity index is 1.95. The Hall–Kier alpha value is -2.30. The second-order valence-corrected chi connectivity index (χ2v) is 6.63. The maximum absolute atomic E-state index is 12.5. The molecule has 0 aromatic heterocycles. The topological polar surface area (TPSA) is 52.6 Å². The monoisotopic (exact) mass is 376 g/mol. The molecule has 1 aliphatic rings. The van der Waals surface area contributed by atoms with Crippen LogP contribution in [-0.4, -0.2) is 17.1 Å². The van der Waals surface area contributed by atoms with Crippen molar-refractivity contribution in [1.82, 2.24) is 0 Å². The van der Waals surface area contributed by atoms with Gasteiger partial charge in [-0.3, -0.25) is 9.59 Å². The van der Waals surface area contributed by atoms with Crippen molar-refractivity contribution < 1.29 is 19.1 Å². The largest absolute Gasteiger partial charge is 0.452 e. The van der Waals surface area contributed by atoms with Crippen molar-refractivity contribution >= 4 is 41.0 Å². The number of hydrogen-bond donors (Lipinski definition) is 0. The molecule has 0 spiro atoms. The molecule has 0 saturated heterocycles. The molecule has 4 nitrogen and oxygen atoms in total. The number of Topliss-reactive ketones (excluding diaryl/α,β-unsaturated/α-hetero) is 1. The molecular weight excluding hydrogens is 363 g/mol. The van der Waals surface area contributed by atoms with E-state index in [9.17, 15) is 9.59 Å². The van der Waals surface area contributed by atoms with Crippen LogP contribution in [0.4, 0.5) is 0 Å². The van der Waals surface area contributed by atoms with Crippen LogP contribution in [0.15, 0.2) is 42.2 Å². The molecule has 0 N–H and O–H groups in total. The predicted molar refractivity (Wildman–Crippen MR) is 96.5 cm³/mol. The van der Waals surface area contributed by atoms with E-state index in [1.165, 1.54) is 6.92 Å². The molecule has 0 aliphatic carbocycles. The lowest BCUT2D eigenvalue weighted by molar-refractivity contribution is -0.133. The van der Waals surface area contributed by atoms with E-state index in [0.717, 1.165) is 0 Å². The van der Waals surface area contributed by atoms with Gasteiger partial charge in [-0.2, -0.15) is 0 Å². The van der Waals surface area contributed by atoms with Crippen LogP contribution < -0.4 is 9.47 Å². The van der Waals surface area contributed by atoms with E-state index in [-0.39, 0.29) is 11.5 Å². The van der Waals surface area contributed by atoms with Crippen LogP contribution >= 0.6 is 23.2 Å². The van der Waals surface area contributed by atoms with Crippen LogP contribution in [0, 0.1) is 6.92 Å². The summed E-state index contributed by atoms with van der Waals surface area (Å²) in [5, 5.41) is -0.254. The van der Waals surface area contributed by atoms with Crippen LogP contribution in [0.2, 0.25) is 5.02 Å². The molecule has 25 heavy (non-hydrogen) atoms. The minimum absolute atomic E-state index is 0.167. The Labute approximate surface area is 155 Å². The SMILES string of the molecule is Cc1c(OC(=O)C(C)Cl)ccc2c1O/C(=C\c1ccccc1Cl)C2=O. The Bertz CT molecular complexity index is 900. The van der Waals surface area contributed by atoms with Crippen molar-refractivity contribution in [2.45, 2.75) is 19.2 Å². The van der Waals surface area contributed by atoms with Crippen molar-refractivity contribution in [2.75, 3.05) is 0 Å². The number of benzene rings is 2. The Morgan fingerprint density at radius 1 is 1.24 bits per heavy atom. The van der Waals surface area contributed by atoms with Crippen LogP contribution in [-0.2, 0) is 4.79 Å². The van der Waals surface area contributed by atoms with Gasteiger partial charge in [0, 0.05) is 10.6 Å².